The first-order valence-electron chi connectivity index (χ1n) is 2.68. The number of hydrogen-bond donors (Lipinski definition) is 2. The first kappa shape index (κ1) is 12.4. The lowest BCUT2D eigenvalue weighted by Crippen LogP contribution is -2.42. The van der Waals surface area contributed by atoms with Crippen LogP contribution < -0.4 is 11.1 Å². The van der Waals surface area contributed by atoms with Gasteiger partial charge in [0.2, 0.25) is 5.91 Å². The Hall–Kier alpha value is -0.320. The Morgan fingerprint density at radius 3 is 2.40 bits per heavy atom. The maximum atomic E-state index is 10.4. The topological polar surface area (TPSA) is 64.3 Å². The zero-order valence-corrected chi connectivity index (χ0v) is 6.90. The quantitative estimate of drug-likeness (QED) is 0.574. The van der Waals surface area contributed by atoms with E-state index in [-0.39, 0.29) is 24.4 Å². The second-order valence-corrected chi connectivity index (χ2v) is 1.70. The van der Waals surface area contributed by atoms with Gasteiger partial charge in [-0.1, -0.05) is 0 Å². The molecule has 0 aromatic carbocycles. The summed E-state index contributed by atoms with van der Waals surface area (Å²) < 4.78 is 4.69. The molecule has 62 valence electrons. The minimum Gasteiger partial charge on any atom is -0.383 e. The van der Waals surface area contributed by atoms with Crippen LogP contribution in [0.3, 0.4) is 0 Å². The number of ether oxygens (including phenoxy) is 1. The molecule has 0 heterocycles. The number of carbonyl (C=O) groups excluding carboxylic acids is 1. The molecule has 0 aliphatic rings. The Labute approximate surface area is 66.5 Å². The minimum absolute atomic E-state index is 0. The van der Waals surface area contributed by atoms with E-state index >= 15 is 0 Å². The molecule has 0 aliphatic heterocycles. The third kappa shape index (κ3) is 4.55. The maximum Gasteiger partial charge on any atom is 0.236 e. The van der Waals surface area contributed by atoms with Gasteiger partial charge in [0, 0.05) is 7.11 Å². The van der Waals surface area contributed by atoms with Crippen molar-refractivity contribution in [3.63, 3.8) is 0 Å². The number of carbonyl (C=O) groups is 1. The highest BCUT2D eigenvalue weighted by Crippen LogP contribution is 1.79. The monoisotopic (exact) mass is 168 g/mol. The molecule has 0 spiro atoms. The molecule has 0 saturated heterocycles. The van der Waals surface area contributed by atoms with Crippen LogP contribution in [0, 0.1) is 0 Å². The summed E-state index contributed by atoms with van der Waals surface area (Å²) in [7, 11) is 3.18. The number of methoxy groups -OCH3 is 1. The standard InChI is InChI=1S/C5H12N2O2.ClH/c1-7-4(3-9-2)5(6)8;/h4,7H,3H2,1-2H3,(H2,6,8);1H/t4-;/m1./s1. The normalized spacial score (nSPS) is 11.8. The molecule has 0 saturated carbocycles. The molecule has 3 N–H and O–H groups in total. The van der Waals surface area contributed by atoms with Gasteiger partial charge >= 0.3 is 0 Å². The summed E-state index contributed by atoms with van der Waals surface area (Å²) >= 11 is 0. The second kappa shape index (κ2) is 6.80. The predicted molar refractivity (Wildman–Crippen MR) is 41.2 cm³/mol. The number of hydrogen-bond acceptors (Lipinski definition) is 3. The van der Waals surface area contributed by atoms with Gasteiger partial charge in [-0.3, -0.25) is 4.79 Å². The zero-order chi connectivity index (χ0) is 7.28. The molecule has 0 bridgehead atoms. The van der Waals surface area contributed by atoms with E-state index in [9.17, 15) is 4.79 Å². The first-order valence-corrected chi connectivity index (χ1v) is 2.68. The molecule has 4 nitrogen and oxygen atoms in total. The smallest absolute Gasteiger partial charge is 0.236 e. The molecule has 0 rings (SSSR count). The fraction of sp³-hybridized carbons (Fsp3) is 0.800. The highest BCUT2D eigenvalue weighted by Gasteiger charge is 2.10. The van der Waals surface area contributed by atoms with Gasteiger partial charge in [0.15, 0.2) is 0 Å². The molecule has 0 radical (unpaired) electrons. The van der Waals surface area contributed by atoms with E-state index in [0.717, 1.165) is 0 Å². The second-order valence-electron chi connectivity index (χ2n) is 1.70. The lowest BCUT2D eigenvalue weighted by Gasteiger charge is -2.09. The summed E-state index contributed by atoms with van der Waals surface area (Å²) in [6, 6.07) is -0.366. The van der Waals surface area contributed by atoms with Crippen LogP contribution in [0.4, 0.5) is 0 Å². The third-order valence-electron chi connectivity index (χ3n) is 1.03. The number of likely N-dealkylation sites (N-methyl/N-ethyl adjacent to an activating group) is 1. The van der Waals surface area contributed by atoms with E-state index in [0.29, 0.717) is 6.61 Å². The number of amides is 1. The van der Waals surface area contributed by atoms with Crippen molar-refractivity contribution >= 4 is 18.3 Å². The molecule has 1 amide bonds. The lowest BCUT2D eigenvalue weighted by atomic mass is 10.3. The van der Waals surface area contributed by atoms with E-state index in [2.05, 4.69) is 5.32 Å². The fourth-order valence-electron chi connectivity index (χ4n) is 0.474. The summed E-state index contributed by atoms with van der Waals surface area (Å²) in [5, 5.41) is 2.70. The highest BCUT2D eigenvalue weighted by atomic mass is 35.5. The van der Waals surface area contributed by atoms with Crippen LogP contribution >= 0.6 is 12.4 Å². The molecule has 10 heavy (non-hydrogen) atoms. The van der Waals surface area contributed by atoms with Gasteiger partial charge in [-0.25, -0.2) is 0 Å². The van der Waals surface area contributed by atoms with Crippen molar-refractivity contribution in [2.75, 3.05) is 20.8 Å². The van der Waals surface area contributed by atoms with Crippen LogP contribution in [-0.2, 0) is 9.53 Å². The Kier molecular flexibility index (Phi) is 8.40. The Morgan fingerprint density at radius 1 is 1.80 bits per heavy atom. The van der Waals surface area contributed by atoms with E-state index in [1.54, 1.807) is 7.05 Å². The predicted octanol–water partition coefficient (Wildman–Crippen LogP) is -0.872. The van der Waals surface area contributed by atoms with E-state index in [1.165, 1.54) is 7.11 Å². The van der Waals surface area contributed by atoms with Crippen molar-refractivity contribution < 1.29 is 9.53 Å². The van der Waals surface area contributed by atoms with Crippen LogP contribution in [0.15, 0.2) is 0 Å². The van der Waals surface area contributed by atoms with Gasteiger partial charge in [0.05, 0.1) is 6.61 Å². The number of primary amides is 1. The minimum atomic E-state index is -0.389. The van der Waals surface area contributed by atoms with Crippen molar-refractivity contribution in [3.8, 4) is 0 Å². The summed E-state index contributed by atoms with van der Waals surface area (Å²) in [4.78, 5) is 10.4. The molecule has 0 unspecified atom stereocenters. The highest BCUT2D eigenvalue weighted by molar-refractivity contribution is 5.85. The maximum absolute atomic E-state index is 10.4. The summed E-state index contributed by atoms with van der Waals surface area (Å²) in [5.74, 6) is -0.389. The van der Waals surface area contributed by atoms with E-state index in [4.69, 9.17) is 10.5 Å². The van der Waals surface area contributed by atoms with Crippen LogP contribution in [0.5, 0.6) is 0 Å². The van der Waals surface area contributed by atoms with Gasteiger partial charge in [-0.05, 0) is 7.05 Å². The SMILES string of the molecule is CN[C@H](COC)C(N)=O.Cl. The number of rotatable bonds is 4. The molecule has 0 aromatic heterocycles. The van der Waals surface area contributed by atoms with Gasteiger partial charge in [-0.15, -0.1) is 12.4 Å². The number of nitrogens with two attached hydrogens (primary N) is 1. The molecule has 0 aliphatic carbocycles. The Balaban J connectivity index is 0. The molecular formula is C5H13ClN2O2. The van der Waals surface area contributed by atoms with Gasteiger partial charge in [0.25, 0.3) is 0 Å². The van der Waals surface area contributed by atoms with Crippen molar-refractivity contribution in [1.29, 1.82) is 0 Å². The van der Waals surface area contributed by atoms with E-state index < -0.39 is 0 Å². The largest absolute Gasteiger partial charge is 0.383 e. The Morgan fingerprint density at radius 2 is 2.30 bits per heavy atom. The molecule has 0 aromatic rings. The average molecular weight is 169 g/mol. The van der Waals surface area contributed by atoms with Crippen LogP contribution in [0.1, 0.15) is 0 Å². The van der Waals surface area contributed by atoms with Gasteiger partial charge in [0.1, 0.15) is 6.04 Å². The third-order valence-corrected chi connectivity index (χ3v) is 1.03. The molecule has 0 fully saturated rings. The van der Waals surface area contributed by atoms with Crippen LogP contribution in [0.25, 0.3) is 0 Å². The summed E-state index contributed by atoms with van der Waals surface area (Å²) in [6.07, 6.45) is 0. The molecule has 5 heteroatoms. The van der Waals surface area contributed by atoms with Crippen molar-refractivity contribution in [1.82, 2.24) is 5.32 Å². The van der Waals surface area contributed by atoms with Crippen molar-refractivity contribution in [3.05, 3.63) is 0 Å². The Bertz CT molecular complexity index is 99.6. The molecule has 1 atom stereocenters. The van der Waals surface area contributed by atoms with E-state index in [1.807, 2.05) is 0 Å². The van der Waals surface area contributed by atoms with Crippen LogP contribution in [0.2, 0.25) is 0 Å². The first-order chi connectivity index (χ1) is 4.22. The van der Waals surface area contributed by atoms with Crippen LogP contribution in [-0.4, -0.2) is 32.7 Å². The lowest BCUT2D eigenvalue weighted by molar-refractivity contribution is -0.121. The fourth-order valence-corrected chi connectivity index (χ4v) is 0.474. The number of nitrogens with one attached hydrogen (secondary N) is 1. The number of halogens is 1. The zero-order valence-electron chi connectivity index (χ0n) is 6.09. The molecular weight excluding hydrogens is 156 g/mol. The summed E-state index contributed by atoms with van der Waals surface area (Å²) in [5.41, 5.74) is 4.95. The summed E-state index contributed by atoms with van der Waals surface area (Å²) in [6.45, 7) is 0.325. The van der Waals surface area contributed by atoms with Crippen molar-refractivity contribution in [2.24, 2.45) is 5.73 Å². The van der Waals surface area contributed by atoms with Gasteiger partial charge in [-0.2, -0.15) is 0 Å². The average Bonchev–Trinajstić information content (AvgIpc) is 1.82. The van der Waals surface area contributed by atoms with Gasteiger partial charge < -0.3 is 15.8 Å². The van der Waals surface area contributed by atoms with Crippen molar-refractivity contribution in [2.45, 2.75) is 6.04 Å².